The molecule has 0 spiro atoms. The summed E-state index contributed by atoms with van der Waals surface area (Å²) >= 11 is 0. The molecule has 0 bridgehead atoms. The van der Waals surface area contributed by atoms with Crippen LogP contribution in [0.4, 0.5) is 0 Å². The summed E-state index contributed by atoms with van der Waals surface area (Å²) in [6, 6.07) is 22.9. The van der Waals surface area contributed by atoms with Crippen molar-refractivity contribution in [3.05, 3.63) is 137 Å². The summed E-state index contributed by atoms with van der Waals surface area (Å²) in [6.45, 7) is 45.4. The summed E-state index contributed by atoms with van der Waals surface area (Å²) in [7, 11) is 0. The predicted molar refractivity (Wildman–Crippen MR) is 289 cm³/mol. The van der Waals surface area contributed by atoms with Crippen molar-refractivity contribution >= 4 is 43.6 Å². The quantitative estimate of drug-likeness (QED) is 0.115. The van der Waals surface area contributed by atoms with Gasteiger partial charge in [0.1, 0.15) is 0 Å². The Labute approximate surface area is 396 Å². The van der Waals surface area contributed by atoms with Crippen LogP contribution in [0.2, 0.25) is 0 Å². The lowest BCUT2D eigenvalue weighted by Crippen LogP contribution is -2.19. The second kappa shape index (κ2) is 18.3. The van der Waals surface area contributed by atoms with E-state index in [1.165, 1.54) is 55.6 Å². The van der Waals surface area contributed by atoms with Crippen LogP contribution in [0.3, 0.4) is 0 Å². The maximum absolute atomic E-state index is 15.8. The zero-order valence-electron chi connectivity index (χ0n) is 44.3. The van der Waals surface area contributed by atoms with Crippen LogP contribution in [0.5, 0.6) is 0 Å². The number of hydrogen-bond acceptors (Lipinski definition) is 2. The molecule has 350 valence electrons. The first kappa shape index (κ1) is 49.0. The van der Waals surface area contributed by atoms with E-state index >= 15 is 9.59 Å². The van der Waals surface area contributed by atoms with E-state index < -0.39 is 0 Å². The zero-order chi connectivity index (χ0) is 48.7. The monoisotopic (exact) mass is 885 g/mol. The maximum Gasteiger partial charge on any atom is 0.197 e. The molecule has 2 aromatic heterocycles. The minimum absolute atomic E-state index is 0.00629. The van der Waals surface area contributed by atoms with Gasteiger partial charge in [-0.3, -0.25) is 9.59 Å². The second-order valence-corrected chi connectivity index (χ2v) is 22.9. The lowest BCUT2D eigenvalue weighted by molar-refractivity contribution is 0.785. The molecule has 0 atom stereocenters. The van der Waals surface area contributed by atoms with Gasteiger partial charge in [0.25, 0.3) is 0 Å². The molecule has 0 amide bonds. The zero-order valence-corrected chi connectivity index (χ0v) is 44.3. The van der Waals surface area contributed by atoms with Crippen LogP contribution in [-0.2, 0) is 0 Å². The Morgan fingerprint density at radius 1 is 0.258 bits per heavy atom. The number of nitrogens with zero attached hydrogens (tertiary/aromatic N) is 2. The van der Waals surface area contributed by atoms with E-state index in [4.69, 9.17) is 0 Å². The average molecular weight is 885 g/mol. The van der Waals surface area contributed by atoms with Crippen LogP contribution in [0.25, 0.3) is 55.0 Å². The smallest absolute Gasteiger partial charge is 0.197 e. The molecule has 0 saturated carbocycles. The van der Waals surface area contributed by atoms with Crippen LogP contribution >= 0.6 is 0 Å². The third-order valence-corrected chi connectivity index (χ3v) is 14.6. The van der Waals surface area contributed by atoms with Gasteiger partial charge in [-0.1, -0.05) is 163 Å². The molecule has 4 nitrogen and oxygen atoms in total. The number of pyridine rings is 2. The van der Waals surface area contributed by atoms with Gasteiger partial charge in [-0.2, -0.15) is 0 Å². The average Bonchev–Trinajstić information content (AvgIpc) is 3.24. The minimum atomic E-state index is 0.00629. The predicted octanol–water partition coefficient (Wildman–Crippen LogP) is 17.8. The van der Waals surface area contributed by atoms with Crippen molar-refractivity contribution in [3.63, 3.8) is 0 Å². The molecular weight excluding hydrogens is 805 g/mol. The Hall–Kier alpha value is -4.96. The Morgan fingerprint density at radius 3 is 0.697 bits per heavy atom. The van der Waals surface area contributed by atoms with Crippen molar-refractivity contribution in [3.8, 4) is 11.4 Å². The molecule has 0 fully saturated rings. The highest BCUT2D eigenvalue weighted by Gasteiger charge is 2.28. The van der Waals surface area contributed by atoms with Crippen molar-refractivity contribution in [2.75, 3.05) is 0 Å². The van der Waals surface area contributed by atoms with Gasteiger partial charge in [0.05, 0.1) is 33.4 Å². The van der Waals surface area contributed by atoms with Crippen LogP contribution in [0.1, 0.15) is 253 Å². The first-order valence-corrected chi connectivity index (χ1v) is 25.5. The Kier molecular flexibility index (Phi) is 13.5. The molecule has 5 aromatic carbocycles. The standard InChI is InChI=1S/C62H80N2O2/c1-31(2)41-21-47(37(13)14)59(48(22-41)38(15)16)63-55-27-45(35(9)10)43(33(5)6)25-51(55)61(65)53-30-58-54(29-57(53)63)62(66)52-26-44(34(7)8)46(36(11)12)28-56(52)64(58)60-49(39(17)18)23-42(32(3)4)24-50(60)40(19)20/h21-40H,1-20H3. The van der Waals surface area contributed by atoms with Gasteiger partial charge < -0.3 is 9.13 Å². The molecule has 0 N–H and O–H groups in total. The first-order valence-electron chi connectivity index (χ1n) is 25.5. The van der Waals surface area contributed by atoms with Gasteiger partial charge in [-0.15, -0.1) is 0 Å². The lowest BCUT2D eigenvalue weighted by atomic mass is 9.85. The molecule has 7 rings (SSSR count). The summed E-state index contributed by atoms with van der Waals surface area (Å²) in [5.74, 6) is 2.45. The van der Waals surface area contributed by atoms with E-state index in [9.17, 15) is 0 Å². The number of fused-ring (bicyclic) bond motifs is 4. The summed E-state index contributed by atoms with van der Waals surface area (Å²) in [5.41, 5.74) is 18.2. The van der Waals surface area contributed by atoms with Crippen molar-refractivity contribution in [1.29, 1.82) is 0 Å². The van der Waals surface area contributed by atoms with Crippen LogP contribution in [-0.4, -0.2) is 9.13 Å². The van der Waals surface area contributed by atoms with Gasteiger partial charge in [0, 0.05) is 21.5 Å². The van der Waals surface area contributed by atoms with Crippen LogP contribution < -0.4 is 10.9 Å². The first-order chi connectivity index (χ1) is 30.9. The fraction of sp³-hybridized carbons (Fsp3) is 0.484. The lowest BCUT2D eigenvalue weighted by Gasteiger charge is -2.29. The molecule has 0 radical (unpaired) electrons. The third kappa shape index (κ3) is 8.27. The van der Waals surface area contributed by atoms with E-state index in [0.717, 1.165) is 44.2 Å². The molecule has 66 heavy (non-hydrogen) atoms. The van der Waals surface area contributed by atoms with E-state index in [-0.39, 0.29) is 58.2 Å². The van der Waals surface area contributed by atoms with Crippen molar-refractivity contribution in [2.45, 2.75) is 198 Å². The summed E-state index contributed by atoms with van der Waals surface area (Å²) in [4.78, 5) is 31.6. The van der Waals surface area contributed by atoms with E-state index in [1.54, 1.807) is 0 Å². The molecule has 0 unspecified atom stereocenters. The van der Waals surface area contributed by atoms with Crippen molar-refractivity contribution in [1.82, 2.24) is 9.13 Å². The highest BCUT2D eigenvalue weighted by molar-refractivity contribution is 6.06. The summed E-state index contributed by atoms with van der Waals surface area (Å²) < 4.78 is 4.81. The largest absolute Gasteiger partial charge is 0.308 e. The number of hydrogen-bond donors (Lipinski definition) is 0. The molecule has 0 aliphatic carbocycles. The van der Waals surface area contributed by atoms with Gasteiger partial charge in [-0.25, -0.2) is 0 Å². The highest BCUT2D eigenvalue weighted by atomic mass is 16.1. The number of benzene rings is 5. The third-order valence-electron chi connectivity index (χ3n) is 14.6. The SMILES string of the molecule is CC(C)c1cc(C(C)C)c(-n2c3cc(C(C)C)c(C(C)C)cc3c(=O)c3cc4c(cc32)c(=O)c2cc(C(C)C)c(C(C)C)cc2n4-c2c(C(C)C)cc(C(C)C)cc2C(C)C)c(C(C)C)c1. The Morgan fingerprint density at radius 2 is 0.470 bits per heavy atom. The molecule has 0 saturated heterocycles. The van der Waals surface area contributed by atoms with Gasteiger partial charge >= 0.3 is 0 Å². The minimum Gasteiger partial charge on any atom is -0.308 e. The topological polar surface area (TPSA) is 44.0 Å². The second-order valence-electron chi connectivity index (χ2n) is 22.9. The maximum atomic E-state index is 15.8. The van der Waals surface area contributed by atoms with Gasteiger partial charge in [0.2, 0.25) is 0 Å². The fourth-order valence-electron chi connectivity index (χ4n) is 10.7. The summed E-state index contributed by atoms with van der Waals surface area (Å²) in [6.07, 6.45) is 0. The number of aromatic nitrogens is 2. The Balaban J connectivity index is 1.88. The molecule has 4 heteroatoms. The van der Waals surface area contributed by atoms with Gasteiger partial charge in [0.15, 0.2) is 10.9 Å². The van der Waals surface area contributed by atoms with Crippen LogP contribution in [0, 0.1) is 0 Å². The van der Waals surface area contributed by atoms with E-state index in [0.29, 0.717) is 22.6 Å². The van der Waals surface area contributed by atoms with Crippen molar-refractivity contribution in [2.24, 2.45) is 0 Å². The molecule has 2 heterocycles. The van der Waals surface area contributed by atoms with E-state index in [1.807, 2.05) is 0 Å². The molecule has 0 aliphatic rings. The Bertz CT molecular complexity index is 2870. The number of rotatable bonds is 12. The van der Waals surface area contributed by atoms with Gasteiger partial charge in [-0.05, 0) is 151 Å². The summed E-state index contributed by atoms with van der Waals surface area (Å²) in [5, 5.41) is 2.70. The molecular formula is C62H80N2O2. The molecule has 7 aromatic rings. The van der Waals surface area contributed by atoms with E-state index in [2.05, 4.69) is 208 Å². The van der Waals surface area contributed by atoms with Crippen LogP contribution in [0.15, 0.2) is 70.3 Å². The van der Waals surface area contributed by atoms with Crippen molar-refractivity contribution < 1.29 is 0 Å². The normalized spacial score (nSPS) is 12.8. The highest BCUT2D eigenvalue weighted by Crippen LogP contribution is 2.43. The fourth-order valence-corrected chi connectivity index (χ4v) is 10.7. The molecule has 0 aliphatic heterocycles.